The molecule has 0 radical (unpaired) electrons. The Morgan fingerprint density at radius 1 is 1.06 bits per heavy atom. The maximum Gasteiger partial charge on any atom is 0.253 e. The van der Waals surface area contributed by atoms with Gasteiger partial charge in [0, 0.05) is 30.8 Å². The molecule has 0 aliphatic carbocycles. The highest BCUT2D eigenvalue weighted by Gasteiger charge is 2.34. The number of nitrogens with one attached hydrogen (secondary N) is 2. The van der Waals surface area contributed by atoms with Gasteiger partial charge in [0.05, 0.1) is 7.11 Å². The van der Waals surface area contributed by atoms with Gasteiger partial charge in [0.2, 0.25) is 5.91 Å². The smallest absolute Gasteiger partial charge is 0.253 e. The molecule has 7 nitrogen and oxygen atoms in total. The minimum absolute atomic E-state index is 0.133. The monoisotopic (exact) mass is 469 g/mol. The number of benzene rings is 2. The van der Waals surface area contributed by atoms with Crippen LogP contribution in [0.3, 0.4) is 0 Å². The van der Waals surface area contributed by atoms with Crippen molar-refractivity contribution in [2.24, 2.45) is 11.8 Å². The Morgan fingerprint density at radius 3 is 2.32 bits per heavy atom. The first kappa shape index (κ1) is 25.2. The number of nitrogens with zero attached hydrogens (tertiary/aromatic N) is 1. The third kappa shape index (κ3) is 6.56. The molecule has 1 fully saturated rings. The van der Waals surface area contributed by atoms with Gasteiger partial charge in [-0.25, -0.2) is 4.39 Å². The minimum atomic E-state index is -0.722. The Bertz CT molecular complexity index is 1000. The normalized spacial score (nSPS) is 15.0. The number of ether oxygens (including phenoxy) is 1. The van der Waals surface area contributed by atoms with E-state index >= 15 is 0 Å². The van der Waals surface area contributed by atoms with Gasteiger partial charge in [0.25, 0.3) is 11.8 Å². The van der Waals surface area contributed by atoms with Crippen LogP contribution in [0.15, 0.2) is 48.5 Å². The standard InChI is InChI=1S/C26H32FN3O4/c1-17(2)16-28-25(32)23(29-24(31)19-7-9-22(34-3)10-8-19)18-11-13-30(14-12-18)26(33)20-5-4-6-21(27)15-20/h4-10,15,17-18,23H,11-14,16H2,1-3H3,(H,28,32)(H,29,31)/t23-/m0/s1. The Labute approximate surface area is 199 Å². The lowest BCUT2D eigenvalue weighted by Crippen LogP contribution is -2.54. The zero-order valence-corrected chi connectivity index (χ0v) is 19.8. The Morgan fingerprint density at radius 2 is 1.74 bits per heavy atom. The fourth-order valence-corrected chi connectivity index (χ4v) is 4.02. The van der Waals surface area contributed by atoms with Gasteiger partial charge < -0.3 is 20.3 Å². The van der Waals surface area contributed by atoms with Gasteiger partial charge in [-0.05, 0) is 67.1 Å². The number of hydrogen-bond acceptors (Lipinski definition) is 4. The van der Waals surface area contributed by atoms with Crippen LogP contribution in [0.1, 0.15) is 47.4 Å². The van der Waals surface area contributed by atoms with Crippen LogP contribution in [0.4, 0.5) is 4.39 Å². The first-order chi connectivity index (χ1) is 16.3. The summed E-state index contributed by atoms with van der Waals surface area (Å²) in [4.78, 5) is 40.3. The summed E-state index contributed by atoms with van der Waals surface area (Å²) in [6, 6.07) is 11.6. The zero-order valence-electron chi connectivity index (χ0n) is 19.8. The lowest BCUT2D eigenvalue weighted by atomic mass is 9.88. The van der Waals surface area contributed by atoms with Crippen molar-refractivity contribution < 1.29 is 23.5 Å². The maximum absolute atomic E-state index is 13.5. The van der Waals surface area contributed by atoms with Crippen molar-refractivity contribution in [3.63, 3.8) is 0 Å². The fourth-order valence-electron chi connectivity index (χ4n) is 4.02. The van der Waals surface area contributed by atoms with Crippen LogP contribution < -0.4 is 15.4 Å². The lowest BCUT2D eigenvalue weighted by Gasteiger charge is -2.36. The van der Waals surface area contributed by atoms with E-state index in [0.29, 0.717) is 49.4 Å². The number of halogens is 1. The van der Waals surface area contributed by atoms with Gasteiger partial charge in [-0.15, -0.1) is 0 Å². The van der Waals surface area contributed by atoms with Gasteiger partial charge in [-0.2, -0.15) is 0 Å². The maximum atomic E-state index is 13.5. The first-order valence-corrected chi connectivity index (χ1v) is 11.6. The summed E-state index contributed by atoms with van der Waals surface area (Å²) in [5.74, 6) is -0.488. The first-order valence-electron chi connectivity index (χ1n) is 11.6. The topological polar surface area (TPSA) is 87.7 Å². The van der Waals surface area contributed by atoms with Crippen LogP contribution in [0.5, 0.6) is 5.75 Å². The van der Waals surface area contributed by atoms with Gasteiger partial charge in [0.15, 0.2) is 0 Å². The molecule has 1 aliphatic rings. The van der Waals surface area contributed by atoms with Crippen molar-refractivity contribution in [2.45, 2.75) is 32.7 Å². The highest BCUT2D eigenvalue weighted by atomic mass is 19.1. The number of methoxy groups -OCH3 is 1. The molecule has 1 atom stereocenters. The van der Waals surface area contributed by atoms with Gasteiger partial charge in [-0.3, -0.25) is 14.4 Å². The summed E-state index contributed by atoms with van der Waals surface area (Å²) in [5, 5.41) is 5.83. The molecule has 0 unspecified atom stereocenters. The molecule has 182 valence electrons. The Hall–Kier alpha value is -3.42. The van der Waals surface area contributed by atoms with Crippen LogP contribution in [0.2, 0.25) is 0 Å². The second-order valence-electron chi connectivity index (χ2n) is 8.96. The SMILES string of the molecule is COc1ccc(C(=O)N[C@H](C(=O)NCC(C)C)C2CCN(C(=O)c3cccc(F)c3)CC2)cc1. The summed E-state index contributed by atoms with van der Waals surface area (Å²) in [5.41, 5.74) is 0.735. The quantitative estimate of drug-likeness (QED) is 0.621. The molecule has 2 aromatic rings. The van der Waals surface area contributed by atoms with Gasteiger partial charge in [0.1, 0.15) is 17.6 Å². The summed E-state index contributed by atoms with van der Waals surface area (Å²) >= 11 is 0. The molecule has 0 saturated carbocycles. The van der Waals surface area contributed by atoms with Crippen molar-refractivity contribution >= 4 is 17.7 Å². The van der Waals surface area contributed by atoms with Crippen molar-refractivity contribution in [1.82, 2.24) is 15.5 Å². The summed E-state index contributed by atoms with van der Waals surface area (Å²) in [6.07, 6.45) is 1.09. The molecule has 3 amide bonds. The lowest BCUT2D eigenvalue weighted by molar-refractivity contribution is -0.124. The Balaban J connectivity index is 1.68. The van der Waals surface area contributed by atoms with Crippen LogP contribution in [0, 0.1) is 17.7 Å². The molecule has 1 heterocycles. The van der Waals surface area contributed by atoms with E-state index in [9.17, 15) is 18.8 Å². The fraction of sp³-hybridized carbons (Fsp3) is 0.423. The molecule has 2 aromatic carbocycles. The van der Waals surface area contributed by atoms with E-state index in [1.165, 1.54) is 18.2 Å². The van der Waals surface area contributed by atoms with Crippen molar-refractivity contribution in [3.05, 3.63) is 65.5 Å². The van der Waals surface area contributed by atoms with E-state index in [-0.39, 0.29) is 29.6 Å². The molecule has 2 N–H and O–H groups in total. The number of carbonyl (C=O) groups is 3. The summed E-state index contributed by atoms with van der Waals surface area (Å²) < 4.78 is 18.7. The summed E-state index contributed by atoms with van der Waals surface area (Å²) in [6.45, 7) is 5.35. The highest BCUT2D eigenvalue weighted by Crippen LogP contribution is 2.23. The number of hydrogen-bond donors (Lipinski definition) is 2. The number of rotatable bonds is 8. The second-order valence-corrected chi connectivity index (χ2v) is 8.96. The number of carbonyl (C=O) groups excluding carboxylic acids is 3. The van der Waals surface area contributed by atoms with Crippen LogP contribution >= 0.6 is 0 Å². The third-order valence-electron chi connectivity index (χ3n) is 5.98. The van der Waals surface area contributed by atoms with E-state index in [1.807, 2.05) is 13.8 Å². The molecule has 3 rings (SSSR count). The van der Waals surface area contributed by atoms with Crippen molar-refractivity contribution in [3.8, 4) is 5.75 Å². The predicted octanol–water partition coefficient (Wildman–Crippen LogP) is 3.26. The molecule has 1 saturated heterocycles. The Kier molecular flexibility index (Phi) is 8.62. The van der Waals surface area contributed by atoms with Gasteiger partial charge >= 0.3 is 0 Å². The minimum Gasteiger partial charge on any atom is -0.497 e. The molecule has 1 aliphatic heterocycles. The van der Waals surface area contributed by atoms with E-state index < -0.39 is 11.9 Å². The van der Waals surface area contributed by atoms with E-state index in [1.54, 1.807) is 42.3 Å². The number of likely N-dealkylation sites (tertiary alicyclic amines) is 1. The highest BCUT2D eigenvalue weighted by molar-refractivity contribution is 5.98. The van der Waals surface area contributed by atoms with E-state index in [0.717, 1.165) is 0 Å². The molecule has 0 bridgehead atoms. The molecule has 0 aromatic heterocycles. The average molecular weight is 470 g/mol. The largest absolute Gasteiger partial charge is 0.497 e. The van der Waals surface area contributed by atoms with E-state index in [2.05, 4.69) is 10.6 Å². The summed E-state index contributed by atoms with van der Waals surface area (Å²) in [7, 11) is 1.55. The van der Waals surface area contributed by atoms with Crippen LogP contribution in [-0.4, -0.2) is 55.4 Å². The molecular weight excluding hydrogens is 437 g/mol. The average Bonchev–Trinajstić information content (AvgIpc) is 2.85. The number of amides is 3. The molecule has 34 heavy (non-hydrogen) atoms. The zero-order chi connectivity index (χ0) is 24.7. The van der Waals surface area contributed by atoms with Crippen molar-refractivity contribution in [1.29, 1.82) is 0 Å². The molecular formula is C26H32FN3O4. The number of piperidine rings is 1. The van der Waals surface area contributed by atoms with Crippen LogP contribution in [-0.2, 0) is 4.79 Å². The van der Waals surface area contributed by atoms with Crippen molar-refractivity contribution in [2.75, 3.05) is 26.7 Å². The molecule has 0 spiro atoms. The van der Waals surface area contributed by atoms with Gasteiger partial charge in [-0.1, -0.05) is 19.9 Å². The van der Waals surface area contributed by atoms with E-state index in [4.69, 9.17) is 4.74 Å². The van der Waals surface area contributed by atoms with Crippen LogP contribution in [0.25, 0.3) is 0 Å². The predicted molar refractivity (Wildman–Crippen MR) is 127 cm³/mol. The second kappa shape index (κ2) is 11.6. The third-order valence-corrected chi connectivity index (χ3v) is 5.98. The molecule has 8 heteroatoms.